The number of aromatic nitrogens is 1. The van der Waals surface area contributed by atoms with Crippen LogP contribution < -0.4 is 24.5 Å². The van der Waals surface area contributed by atoms with Crippen molar-refractivity contribution >= 4 is 20.9 Å². The maximum atomic E-state index is 14.0. The van der Waals surface area contributed by atoms with Gasteiger partial charge in [0.05, 0.1) is 4.90 Å². The number of nitrogens with one attached hydrogen (secondary N) is 1. The molecule has 10 heteroatoms. The van der Waals surface area contributed by atoms with Crippen LogP contribution in [-0.2, 0) is 23.1 Å². The Bertz CT molecular complexity index is 1680. The number of ether oxygens (including phenoxy) is 4. The molecule has 1 N–H and O–H groups in total. The Morgan fingerprint density at radius 2 is 1.54 bits per heavy atom. The molecule has 2 aliphatic rings. The van der Waals surface area contributed by atoms with Gasteiger partial charge in [0.1, 0.15) is 13.2 Å². The lowest BCUT2D eigenvalue weighted by Gasteiger charge is -2.24. The van der Waals surface area contributed by atoms with Crippen molar-refractivity contribution in [3.05, 3.63) is 87.7 Å². The van der Waals surface area contributed by atoms with E-state index in [-0.39, 0.29) is 30.3 Å². The molecule has 190 valence electrons. The molecule has 0 bridgehead atoms. The van der Waals surface area contributed by atoms with Crippen LogP contribution in [0.15, 0.2) is 70.4 Å². The fraction of sp³-hybridized carbons (Fsp3) is 0.222. The molecule has 3 heterocycles. The number of pyridine rings is 1. The predicted octanol–water partition coefficient (Wildman–Crippen LogP) is 3.73. The van der Waals surface area contributed by atoms with E-state index in [2.05, 4.69) is 4.98 Å². The van der Waals surface area contributed by atoms with E-state index in [1.54, 1.807) is 30.3 Å². The first-order chi connectivity index (χ1) is 17.9. The van der Waals surface area contributed by atoms with E-state index in [0.29, 0.717) is 52.9 Å². The third-order valence-electron chi connectivity index (χ3n) is 6.37. The van der Waals surface area contributed by atoms with E-state index < -0.39 is 10.0 Å². The minimum absolute atomic E-state index is 0.0126. The van der Waals surface area contributed by atoms with Gasteiger partial charge in [-0.05, 0) is 60.3 Å². The smallest absolute Gasteiger partial charge is 0.252 e. The summed E-state index contributed by atoms with van der Waals surface area (Å²) in [5.41, 5.74) is 2.41. The Hall–Kier alpha value is -4.02. The van der Waals surface area contributed by atoms with Gasteiger partial charge < -0.3 is 23.9 Å². The lowest BCUT2D eigenvalue weighted by atomic mass is 10.1. The zero-order valence-corrected chi connectivity index (χ0v) is 20.8. The highest BCUT2D eigenvalue weighted by molar-refractivity contribution is 7.89. The van der Waals surface area contributed by atoms with Crippen LogP contribution in [0, 0.1) is 6.92 Å². The summed E-state index contributed by atoms with van der Waals surface area (Å²) in [6, 6.07) is 17.3. The summed E-state index contributed by atoms with van der Waals surface area (Å²) in [4.78, 5) is 15.9. The highest BCUT2D eigenvalue weighted by atomic mass is 32.2. The first-order valence-corrected chi connectivity index (χ1v) is 13.2. The van der Waals surface area contributed by atoms with Crippen molar-refractivity contribution in [2.75, 3.05) is 20.0 Å². The van der Waals surface area contributed by atoms with Crippen LogP contribution in [0.5, 0.6) is 23.0 Å². The quantitative estimate of drug-likeness (QED) is 0.413. The first kappa shape index (κ1) is 23.4. The summed E-state index contributed by atoms with van der Waals surface area (Å²) >= 11 is 0. The van der Waals surface area contributed by atoms with Crippen molar-refractivity contribution in [2.45, 2.75) is 24.9 Å². The zero-order valence-electron chi connectivity index (χ0n) is 20.0. The minimum atomic E-state index is -4.05. The molecule has 0 saturated heterocycles. The molecule has 0 aliphatic carbocycles. The molecule has 0 amide bonds. The fourth-order valence-electron chi connectivity index (χ4n) is 4.48. The Labute approximate surface area is 213 Å². The number of aryl methyl sites for hydroxylation is 1. The van der Waals surface area contributed by atoms with Gasteiger partial charge in [0.15, 0.2) is 23.0 Å². The third kappa shape index (κ3) is 4.49. The number of hydrogen-bond acceptors (Lipinski definition) is 7. The van der Waals surface area contributed by atoms with Gasteiger partial charge in [-0.25, -0.2) is 8.42 Å². The van der Waals surface area contributed by atoms with Crippen LogP contribution >= 0.6 is 0 Å². The SMILES string of the molecule is Cc1ccc2[nH]c(=O)c(CN(Cc3ccc4c(c3)OCO4)S(=O)(=O)c3ccc4c(c3)OCCO4)cc2c1. The fourth-order valence-corrected chi connectivity index (χ4v) is 5.90. The largest absolute Gasteiger partial charge is 0.486 e. The summed E-state index contributed by atoms with van der Waals surface area (Å²) in [7, 11) is -4.05. The molecule has 0 radical (unpaired) electrons. The second-order valence-electron chi connectivity index (χ2n) is 8.98. The summed E-state index contributed by atoms with van der Waals surface area (Å²) in [6.45, 7) is 2.69. The van der Waals surface area contributed by atoms with E-state index in [1.807, 2.05) is 25.1 Å². The van der Waals surface area contributed by atoms with E-state index in [1.165, 1.54) is 16.4 Å². The molecule has 2 aliphatic heterocycles. The molecule has 0 unspecified atom stereocenters. The number of sulfonamides is 1. The molecule has 4 aromatic rings. The Morgan fingerprint density at radius 3 is 2.41 bits per heavy atom. The average molecular weight is 521 g/mol. The summed E-state index contributed by atoms with van der Waals surface area (Å²) in [5, 5.41) is 0.828. The minimum Gasteiger partial charge on any atom is -0.486 e. The zero-order chi connectivity index (χ0) is 25.6. The van der Waals surface area contributed by atoms with Crippen molar-refractivity contribution in [3.63, 3.8) is 0 Å². The van der Waals surface area contributed by atoms with Gasteiger partial charge in [0.2, 0.25) is 16.8 Å². The van der Waals surface area contributed by atoms with E-state index >= 15 is 0 Å². The van der Waals surface area contributed by atoms with E-state index in [9.17, 15) is 13.2 Å². The molecule has 0 fully saturated rings. The lowest BCUT2D eigenvalue weighted by molar-refractivity contribution is 0.171. The van der Waals surface area contributed by atoms with Crippen molar-refractivity contribution < 1.29 is 27.4 Å². The Balaban J connectivity index is 1.41. The highest BCUT2D eigenvalue weighted by Gasteiger charge is 2.28. The predicted molar refractivity (Wildman–Crippen MR) is 136 cm³/mol. The van der Waals surface area contributed by atoms with Crippen molar-refractivity contribution in [1.82, 2.24) is 9.29 Å². The molecular formula is C27H24N2O7S. The van der Waals surface area contributed by atoms with Gasteiger partial charge in [0, 0.05) is 30.2 Å². The highest BCUT2D eigenvalue weighted by Crippen LogP contribution is 2.35. The molecule has 1 aromatic heterocycles. The van der Waals surface area contributed by atoms with Crippen LogP contribution in [-0.4, -0.2) is 37.7 Å². The number of benzene rings is 3. The van der Waals surface area contributed by atoms with Gasteiger partial charge in [-0.2, -0.15) is 4.31 Å². The molecule has 0 saturated carbocycles. The molecule has 37 heavy (non-hydrogen) atoms. The molecule has 3 aromatic carbocycles. The number of fused-ring (bicyclic) bond motifs is 3. The van der Waals surface area contributed by atoms with Gasteiger partial charge in [-0.3, -0.25) is 4.79 Å². The third-order valence-corrected chi connectivity index (χ3v) is 8.16. The number of nitrogens with zero attached hydrogens (tertiary/aromatic N) is 1. The first-order valence-electron chi connectivity index (χ1n) is 11.8. The van der Waals surface area contributed by atoms with Crippen LogP contribution in [0.1, 0.15) is 16.7 Å². The number of aromatic amines is 1. The number of hydrogen-bond donors (Lipinski definition) is 1. The maximum Gasteiger partial charge on any atom is 0.252 e. The van der Waals surface area contributed by atoms with Crippen LogP contribution in [0.4, 0.5) is 0 Å². The molecule has 0 atom stereocenters. The van der Waals surface area contributed by atoms with Crippen LogP contribution in [0.2, 0.25) is 0 Å². The monoisotopic (exact) mass is 520 g/mol. The summed E-state index contributed by atoms with van der Waals surface area (Å²) < 4.78 is 51.2. The van der Waals surface area contributed by atoms with Crippen LogP contribution in [0.25, 0.3) is 10.9 Å². The Morgan fingerprint density at radius 1 is 0.811 bits per heavy atom. The van der Waals surface area contributed by atoms with Crippen molar-refractivity contribution in [2.24, 2.45) is 0 Å². The molecule has 6 rings (SSSR count). The van der Waals surface area contributed by atoms with E-state index in [4.69, 9.17) is 18.9 Å². The molecule has 0 spiro atoms. The second kappa shape index (κ2) is 9.13. The van der Waals surface area contributed by atoms with Gasteiger partial charge >= 0.3 is 0 Å². The lowest BCUT2D eigenvalue weighted by Crippen LogP contribution is -2.32. The molecule has 9 nitrogen and oxygen atoms in total. The normalized spacial score (nSPS) is 14.3. The maximum absolute atomic E-state index is 14.0. The standard InChI is InChI=1S/C27H24N2O7S/c1-17-2-5-22-19(10-17)12-20(27(30)28-22)15-29(14-18-3-6-24-25(11-18)36-16-35-24)37(31,32)21-4-7-23-26(13-21)34-9-8-33-23/h2-7,10-13H,8-9,14-16H2,1H3,(H,28,30). The van der Waals surface area contributed by atoms with Gasteiger partial charge in [0.25, 0.3) is 5.56 Å². The second-order valence-corrected chi connectivity index (χ2v) is 10.9. The van der Waals surface area contributed by atoms with Gasteiger partial charge in [-0.15, -0.1) is 0 Å². The Kier molecular flexibility index (Phi) is 5.77. The van der Waals surface area contributed by atoms with Crippen molar-refractivity contribution in [1.29, 1.82) is 0 Å². The average Bonchev–Trinajstić information content (AvgIpc) is 3.36. The van der Waals surface area contributed by atoms with Crippen LogP contribution in [0.3, 0.4) is 0 Å². The summed E-state index contributed by atoms with van der Waals surface area (Å²) in [6.07, 6.45) is 0. The van der Waals surface area contributed by atoms with Gasteiger partial charge in [-0.1, -0.05) is 17.7 Å². The molecular weight excluding hydrogens is 496 g/mol. The summed E-state index contributed by atoms with van der Waals surface area (Å²) in [5.74, 6) is 2.02. The number of H-pyrrole nitrogens is 1. The van der Waals surface area contributed by atoms with Crippen molar-refractivity contribution in [3.8, 4) is 23.0 Å². The van der Waals surface area contributed by atoms with E-state index in [0.717, 1.165) is 10.9 Å². The number of rotatable bonds is 6. The topological polar surface area (TPSA) is 107 Å².